The summed E-state index contributed by atoms with van der Waals surface area (Å²) in [6.45, 7) is 4.78. The van der Waals surface area contributed by atoms with E-state index in [0.717, 1.165) is 16.8 Å². The smallest absolute Gasteiger partial charge is 0.272 e. The van der Waals surface area contributed by atoms with Crippen LogP contribution in [0.4, 0.5) is 5.69 Å². The zero-order chi connectivity index (χ0) is 15.6. The first kappa shape index (κ1) is 15.5. The van der Waals surface area contributed by atoms with E-state index >= 15 is 0 Å². The Morgan fingerprint density at radius 3 is 2.67 bits per heavy atom. The summed E-state index contributed by atoms with van der Waals surface area (Å²) in [4.78, 5) is 10.6. The van der Waals surface area contributed by atoms with E-state index in [-0.39, 0.29) is 10.6 Å². The van der Waals surface area contributed by atoms with Gasteiger partial charge in [-0.2, -0.15) is 5.10 Å². The molecule has 0 bridgehead atoms. The molecule has 0 aliphatic carbocycles. The second kappa shape index (κ2) is 6.24. The molecule has 0 fully saturated rings. The highest BCUT2D eigenvalue weighted by atomic mass is 35.5. The van der Waals surface area contributed by atoms with E-state index in [4.69, 9.17) is 11.6 Å². The molecule has 112 valence electrons. The van der Waals surface area contributed by atoms with Crippen LogP contribution in [-0.4, -0.2) is 14.7 Å². The quantitative estimate of drug-likeness (QED) is 0.681. The van der Waals surface area contributed by atoms with Crippen molar-refractivity contribution in [2.75, 3.05) is 0 Å². The van der Waals surface area contributed by atoms with Crippen LogP contribution in [0.3, 0.4) is 0 Å². The fourth-order valence-electron chi connectivity index (χ4n) is 2.26. The molecular formula is C14H17ClN4O2. The number of aromatic nitrogens is 2. The number of nitrogens with one attached hydrogen (secondary N) is 1. The van der Waals surface area contributed by atoms with Gasteiger partial charge in [-0.15, -0.1) is 0 Å². The molecule has 2 rings (SSSR count). The number of nitrogens with zero attached hydrogens (tertiary/aromatic N) is 3. The summed E-state index contributed by atoms with van der Waals surface area (Å²) in [6.07, 6.45) is 0. The van der Waals surface area contributed by atoms with Crippen LogP contribution in [0.25, 0.3) is 0 Å². The third-order valence-electron chi connectivity index (χ3n) is 3.50. The van der Waals surface area contributed by atoms with Gasteiger partial charge in [0.05, 0.1) is 10.6 Å². The topological polar surface area (TPSA) is 73.0 Å². The summed E-state index contributed by atoms with van der Waals surface area (Å²) in [5.74, 6) is 0. The van der Waals surface area contributed by atoms with E-state index in [2.05, 4.69) is 10.4 Å². The Balaban J connectivity index is 2.07. The zero-order valence-corrected chi connectivity index (χ0v) is 12.9. The summed E-state index contributed by atoms with van der Waals surface area (Å²) in [6, 6.07) is 5.10. The van der Waals surface area contributed by atoms with Crippen LogP contribution in [0.15, 0.2) is 18.2 Å². The van der Waals surface area contributed by atoms with E-state index < -0.39 is 0 Å². The monoisotopic (exact) mass is 308 g/mol. The Bertz CT molecular complexity index is 682. The van der Waals surface area contributed by atoms with E-state index in [1.807, 2.05) is 13.0 Å². The molecule has 7 heteroatoms. The van der Waals surface area contributed by atoms with Gasteiger partial charge < -0.3 is 5.32 Å². The number of hydrogen-bond donors (Lipinski definition) is 1. The van der Waals surface area contributed by atoms with Crippen molar-refractivity contribution in [1.82, 2.24) is 15.1 Å². The molecule has 1 aromatic heterocycles. The summed E-state index contributed by atoms with van der Waals surface area (Å²) in [7, 11) is 1.80. The van der Waals surface area contributed by atoms with Crippen molar-refractivity contribution in [2.24, 2.45) is 7.05 Å². The van der Waals surface area contributed by atoms with Gasteiger partial charge in [-0.25, -0.2) is 0 Å². The minimum atomic E-state index is -0.360. The second-order valence-electron chi connectivity index (χ2n) is 4.90. The number of halogens is 1. The maximum Gasteiger partial charge on any atom is 0.272 e. The highest BCUT2D eigenvalue weighted by Crippen LogP contribution is 2.22. The number of aryl methyl sites for hydroxylation is 2. The standard InChI is InChI=1S/C14H17ClN4O2/c1-9-11(5-4-6-13(9)19(20)21)7-16-8-12-10(2)17-18(3)14(12)15/h4-6,16H,7-8H2,1-3H3. The zero-order valence-electron chi connectivity index (χ0n) is 12.2. The van der Waals surface area contributed by atoms with Gasteiger partial charge >= 0.3 is 0 Å². The van der Waals surface area contributed by atoms with Crippen molar-refractivity contribution in [3.05, 3.63) is 55.9 Å². The van der Waals surface area contributed by atoms with Gasteiger partial charge in [-0.3, -0.25) is 14.8 Å². The molecule has 21 heavy (non-hydrogen) atoms. The van der Waals surface area contributed by atoms with Crippen LogP contribution in [0.2, 0.25) is 5.15 Å². The lowest BCUT2D eigenvalue weighted by Gasteiger charge is -2.08. The molecule has 0 saturated carbocycles. The van der Waals surface area contributed by atoms with Gasteiger partial charge in [0.25, 0.3) is 5.69 Å². The molecule has 1 aromatic carbocycles. The summed E-state index contributed by atoms with van der Waals surface area (Å²) in [5, 5.41) is 19.0. The lowest BCUT2D eigenvalue weighted by atomic mass is 10.1. The second-order valence-corrected chi connectivity index (χ2v) is 5.26. The molecule has 0 aliphatic heterocycles. The predicted molar refractivity (Wildman–Crippen MR) is 81.3 cm³/mol. The molecule has 0 aliphatic rings. The van der Waals surface area contributed by atoms with E-state index in [1.165, 1.54) is 6.07 Å². The van der Waals surface area contributed by atoms with Crippen molar-refractivity contribution >= 4 is 17.3 Å². The van der Waals surface area contributed by atoms with Crippen molar-refractivity contribution in [3.8, 4) is 0 Å². The molecule has 0 unspecified atom stereocenters. The molecule has 2 aromatic rings. The SMILES string of the molecule is Cc1nn(C)c(Cl)c1CNCc1cccc([N+](=O)[O-])c1C. The highest BCUT2D eigenvalue weighted by Gasteiger charge is 2.14. The largest absolute Gasteiger partial charge is 0.308 e. The average molecular weight is 309 g/mol. The first-order chi connectivity index (χ1) is 9.91. The molecule has 0 amide bonds. The third-order valence-corrected chi connectivity index (χ3v) is 3.97. The van der Waals surface area contributed by atoms with Crippen molar-refractivity contribution in [3.63, 3.8) is 0 Å². The summed E-state index contributed by atoms with van der Waals surface area (Å²) >= 11 is 6.17. The maximum atomic E-state index is 10.9. The lowest BCUT2D eigenvalue weighted by Crippen LogP contribution is -2.14. The van der Waals surface area contributed by atoms with Crippen molar-refractivity contribution < 1.29 is 4.92 Å². The number of nitro groups is 1. The van der Waals surface area contributed by atoms with E-state index in [9.17, 15) is 10.1 Å². The number of nitro benzene ring substituents is 1. The summed E-state index contributed by atoms with van der Waals surface area (Å²) < 4.78 is 1.63. The molecular weight excluding hydrogens is 292 g/mol. The van der Waals surface area contributed by atoms with Gasteiger partial charge in [-0.1, -0.05) is 23.7 Å². The van der Waals surface area contributed by atoms with Crippen molar-refractivity contribution in [1.29, 1.82) is 0 Å². The molecule has 0 saturated heterocycles. The fourth-order valence-corrected chi connectivity index (χ4v) is 2.50. The predicted octanol–water partition coefficient (Wildman–Crippen LogP) is 2.89. The average Bonchev–Trinajstić information content (AvgIpc) is 2.66. The molecule has 1 N–H and O–H groups in total. The Morgan fingerprint density at radius 2 is 2.10 bits per heavy atom. The Labute approximate surface area is 127 Å². The van der Waals surface area contributed by atoms with Crippen LogP contribution in [-0.2, 0) is 20.1 Å². The normalized spacial score (nSPS) is 10.9. The van der Waals surface area contributed by atoms with Gasteiger partial charge in [0.15, 0.2) is 0 Å². The van der Waals surface area contributed by atoms with Crippen molar-refractivity contribution in [2.45, 2.75) is 26.9 Å². The first-order valence-electron chi connectivity index (χ1n) is 6.53. The maximum absolute atomic E-state index is 10.9. The molecule has 0 atom stereocenters. The van der Waals surface area contributed by atoms with Crippen LogP contribution in [0, 0.1) is 24.0 Å². The Kier molecular flexibility index (Phi) is 4.59. The van der Waals surface area contributed by atoms with Gasteiger partial charge in [0, 0.05) is 37.3 Å². The minimum absolute atomic E-state index is 0.143. The van der Waals surface area contributed by atoms with Crippen LogP contribution in [0.5, 0.6) is 0 Å². The number of rotatable bonds is 5. The van der Waals surface area contributed by atoms with Crippen LogP contribution in [0.1, 0.15) is 22.4 Å². The number of hydrogen-bond acceptors (Lipinski definition) is 4. The Hall–Kier alpha value is -1.92. The van der Waals surface area contributed by atoms with Crippen LogP contribution < -0.4 is 5.32 Å². The summed E-state index contributed by atoms with van der Waals surface area (Å²) in [5.41, 5.74) is 3.56. The van der Waals surface area contributed by atoms with Gasteiger partial charge in [0.2, 0.25) is 0 Å². The molecule has 0 radical (unpaired) electrons. The first-order valence-corrected chi connectivity index (χ1v) is 6.91. The van der Waals surface area contributed by atoms with Gasteiger partial charge in [0.1, 0.15) is 5.15 Å². The highest BCUT2D eigenvalue weighted by molar-refractivity contribution is 6.30. The number of benzene rings is 1. The van der Waals surface area contributed by atoms with E-state index in [0.29, 0.717) is 23.8 Å². The fraction of sp³-hybridized carbons (Fsp3) is 0.357. The van der Waals surface area contributed by atoms with E-state index in [1.54, 1.807) is 24.7 Å². The van der Waals surface area contributed by atoms with Gasteiger partial charge in [-0.05, 0) is 19.4 Å². The van der Waals surface area contributed by atoms with Crippen LogP contribution >= 0.6 is 11.6 Å². The Morgan fingerprint density at radius 1 is 1.38 bits per heavy atom. The molecule has 1 heterocycles. The lowest BCUT2D eigenvalue weighted by molar-refractivity contribution is -0.385. The minimum Gasteiger partial charge on any atom is -0.308 e. The third kappa shape index (κ3) is 3.22. The molecule has 6 nitrogen and oxygen atoms in total. The molecule has 0 spiro atoms.